The SMILES string of the molecule is CC(C)/C=C\c1ccccc1NC=S. The molecule has 0 unspecified atom stereocenters. The number of hydrogen-bond acceptors (Lipinski definition) is 1. The van der Waals surface area contributed by atoms with Gasteiger partial charge in [-0.05, 0) is 17.5 Å². The Hall–Kier alpha value is -1.15. The molecule has 0 aliphatic carbocycles. The largest absolute Gasteiger partial charge is 0.352 e. The Bertz CT molecular complexity index is 329. The van der Waals surface area contributed by atoms with Crippen LogP contribution in [0.15, 0.2) is 30.3 Å². The number of thiocarbonyl (C=S) groups is 1. The molecule has 0 spiro atoms. The molecule has 0 atom stereocenters. The highest BCUT2D eigenvalue weighted by Gasteiger charge is 1.95. The Morgan fingerprint density at radius 1 is 1.29 bits per heavy atom. The third-order valence-electron chi connectivity index (χ3n) is 1.84. The van der Waals surface area contributed by atoms with Crippen molar-refractivity contribution in [3.8, 4) is 0 Å². The van der Waals surface area contributed by atoms with Crippen LogP contribution in [0.2, 0.25) is 0 Å². The van der Waals surface area contributed by atoms with Gasteiger partial charge < -0.3 is 5.32 Å². The van der Waals surface area contributed by atoms with E-state index in [2.05, 4.69) is 37.4 Å². The average Bonchev–Trinajstić information content (AvgIpc) is 2.17. The van der Waals surface area contributed by atoms with Gasteiger partial charge in [0.25, 0.3) is 0 Å². The summed E-state index contributed by atoms with van der Waals surface area (Å²) in [6, 6.07) is 8.10. The Morgan fingerprint density at radius 3 is 2.64 bits per heavy atom. The standard InChI is InChI=1S/C12H15NS/c1-10(2)7-8-11-5-3-4-6-12(11)13-9-14/h3-10H,1-2H3,(H,13,14)/b8-7-. The van der Waals surface area contributed by atoms with E-state index < -0.39 is 0 Å². The summed E-state index contributed by atoms with van der Waals surface area (Å²) in [6.07, 6.45) is 4.29. The monoisotopic (exact) mass is 205 g/mol. The van der Waals surface area contributed by atoms with Gasteiger partial charge in [-0.25, -0.2) is 0 Å². The second-order valence-electron chi connectivity index (χ2n) is 3.45. The third kappa shape index (κ3) is 3.30. The summed E-state index contributed by atoms with van der Waals surface area (Å²) in [7, 11) is 0. The molecule has 74 valence electrons. The maximum absolute atomic E-state index is 4.77. The van der Waals surface area contributed by atoms with Gasteiger partial charge in [0.15, 0.2) is 0 Å². The van der Waals surface area contributed by atoms with Crippen molar-refractivity contribution >= 4 is 29.5 Å². The van der Waals surface area contributed by atoms with Gasteiger partial charge in [-0.3, -0.25) is 0 Å². The zero-order valence-corrected chi connectivity index (χ0v) is 9.34. The first-order valence-electron chi connectivity index (χ1n) is 4.71. The molecule has 1 aromatic rings. The molecule has 1 rings (SSSR count). The van der Waals surface area contributed by atoms with E-state index in [-0.39, 0.29) is 0 Å². The van der Waals surface area contributed by atoms with Gasteiger partial charge >= 0.3 is 0 Å². The van der Waals surface area contributed by atoms with Crippen LogP contribution in [-0.2, 0) is 0 Å². The number of para-hydroxylation sites is 1. The van der Waals surface area contributed by atoms with Gasteiger partial charge in [-0.15, -0.1) is 0 Å². The van der Waals surface area contributed by atoms with E-state index in [9.17, 15) is 0 Å². The highest BCUT2D eigenvalue weighted by molar-refractivity contribution is 7.79. The number of allylic oxidation sites excluding steroid dienone is 1. The summed E-state index contributed by atoms with van der Waals surface area (Å²) >= 11 is 4.77. The molecule has 1 N–H and O–H groups in total. The van der Waals surface area contributed by atoms with E-state index in [1.54, 1.807) is 0 Å². The Morgan fingerprint density at radius 2 is 2.00 bits per heavy atom. The molecule has 0 aliphatic rings. The molecule has 2 heteroatoms. The summed E-state index contributed by atoms with van der Waals surface area (Å²) in [4.78, 5) is 0. The molecule has 0 fully saturated rings. The summed E-state index contributed by atoms with van der Waals surface area (Å²) in [5, 5.41) is 3.04. The van der Waals surface area contributed by atoms with Crippen molar-refractivity contribution in [3.63, 3.8) is 0 Å². The van der Waals surface area contributed by atoms with Gasteiger partial charge in [-0.1, -0.05) is 56.4 Å². The molecule has 0 aliphatic heterocycles. The van der Waals surface area contributed by atoms with Gasteiger partial charge in [0.2, 0.25) is 0 Å². The highest BCUT2D eigenvalue weighted by Crippen LogP contribution is 2.16. The molecule has 0 radical (unpaired) electrons. The molecule has 0 bridgehead atoms. The van der Waals surface area contributed by atoms with Gasteiger partial charge in [-0.2, -0.15) is 0 Å². The molecule has 1 nitrogen and oxygen atoms in total. The van der Waals surface area contributed by atoms with Crippen molar-refractivity contribution < 1.29 is 0 Å². The number of benzene rings is 1. The first-order valence-corrected chi connectivity index (χ1v) is 5.18. The van der Waals surface area contributed by atoms with Gasteiger partial charge in [0, 0.05) is 5.69 Å². The Balaban J connectivity index is 2.89. The van der Waals surface area contributed by atoms with E-state index in [0.717, 1.165) is 5.69 Å². The summed E-state index contributed by atoms with van der Waals surface area (Å²) < 4.78 is 0. The predicted molar refractivity (Wildman–Crippen MR) is 67.6 cm³/mol. The van der Waals surface area contributed by atoms with E-state index in [4.69, 9.17) is 12.2 Å². The van der Waals surface area contributed by atoms with Crippen LogP contribution in [0.5, 0.6) is 0 Å². The summed E-state index contributed by atoms with van der Waals surface area (Å²) in [5.74, 6) is 0.565. The maximum Gasteiger partial charge on any atom is 0.0659 e. The normalized spacial score (nSPS) is 10.8. The lowest BCUT2D eigenvalue weighted by Crippen LogP contribution is -1.94. The summed E-state index contributed by atoms with van der Waals surface area (Å²) in [5.41, 5.74) is 3.75. The van der Waals surface area contributed by atoms with Crippen LogP contribution in [0.3, 0.4) is 0 Å². The van der Waals surface area contributed by atoms with Crippen molar-refractivity contribution in [3.05, 3.63) is 35.9 Å². The van der Waals surface area contributed by atoms with Crippen LogP contribution < -0.4 is 5.32 Å². The summed E-state index contributed by atoms with van der Waals surface area (Å²) in [6.45, 7) is 4.32. The van der Waals surface area contributed by atoms with Crippen LogP contribution in [0.25, 0.3) is 6.08 Å². The van der Waals surface area contributed by atoms with Crippen LogP contribution in [0.1, 0.15) is 19.4 Å². The average molecular weight is 205 g/mol. The van der Waals surface area contributed by atoms with E-state index in [1.165, 1.54) is 11.1 Å². The number of nitrogens with one attached hydrogen (secondary N) is 1. The van der Waals surface area contributed by atoms with Crippen LogP contribution in [-0.4, -0.2) is 5.49 Å². The second-order valence-corrected chi connectivity index (χ2v) is 3.69. The minimum atomic E-state index is 0.565. The zero-order chi connectivity index (χ0) is 10.4. The number of hydrogen-bond donors (Lipinski definition) is 1. The fourth-order valence-corrected chi connectivity index (χ4v) is 1.26. The van der Waals surface area contributed by atoms with Crippen molar-refractivity contribution in [2.75, 3.05) is 5.32 Å². The molecular formula is C12H15NS. The zero-order valence-electron chi connectivity index (χ0n) is 8.53. The van der Waals surface area contributed by atoms with Crippen LogP contribution in [0.4, 0.5) is 5.69 Å². The smallest absolute Gasteiger partial charge is 0.0659 e. The number of rotatable bonds is 4. The van der Waals surface area contributed by atoms with Gasteiger partial charge in [0.05, 0.1) is 5.49 Å². The predicted octanol–water partition coefficient (Wildman–Crippen LogP) is 3.72. The van der Waals surface area contributed by atoms with Crippen molar-refractivity contribution in [1.82, 2.24) is 0 Å². The fourth-order valence-electron chi connectivity index (χ4n) is 1.13. The molecule has 0 amide bonds. The second kappa shape index (κ2) is 5.55. The van der Waals surface area contributed by atoms with Crippen LogP contribution in [0, 0.1) is 5.92 Å². The van der Waals surface area contributed by atoms with E-state index in [1.807, 2.05) is 18.2 Å². The topological polar surface area (TPSA) is 12.0 Å². The first-order chi connectivity index (χ1) is 6.74. The fraction of sp³-hybridized carbons (Fsp3) is 0.250. The van der Waals surface area contributed by atoms with Crippen molar-refractivity contribution in [1.29, 1.82) is 0 Å². The minimum Gasteiger partial charge on any atom is -0.352 e. The van der Waals surface area contributed by atoms with E-state index in [0.29, 0.717) is 5.92 Å². The molecule has 0 heterocycles. The lowest BCUT2D eigenvalue weighted by molar-refractivity contribution is 0.836. The van der Waals surface area contributed by atoms with Crippen LogP contribution >= 0.6 is 12.2 Å². The number of anilines is 1. The van der Waals surface area contributed by atoms with Crippen molar-refractivity contribution in [2.45, 2.75) is 13.8 Å². The first kappa shape index (κ1) is 10.9. The molecular weight excluding hydrogens is 190 g/mol. The van der Waals surface area contributed by atoms with Crippen molar-refractivity contribution in [2.24, 2.45) is 5.92 Å². The Labute approximate surface area is 90.8 Å². The maximum atomic E-state index is 4.77. The Kier molecular flexibility index (Phi) is 4.33. The van der Waals surface area contributed by atoms with E-state index >= 15 is 0 Å². The van der Waals surface area contributed by atoms with Gasteiger partial charge in [0.1, 0.15) is 0 Å². The quantitative estimate of drug-likeness (QED) is 0.752. The molecule has 0 saturated carbocycles. The highest BCUT2D eigenvalue weighted by atomic mass is 32.1. The minimum absolute atomic E-state index is 0.565. The third-order valence-corrected chi connectivity index (χ3v) is 1.95. The molecule has 0 aromatic heterocycles. The lowest BCUT2D eigenvalue weighted by atomic mass is 10.1. The molecule has 1 aromatic carbocycles. The lowest BCUT2D eigenvalue weighted by Gasteiger charge is -2.04. The molecule has 0 saturated heterocycles. The molecule has 14 heavy (non-hydrogen) atoms.